The Kier molecular flexibility index (Phi) is 5.65. The van der Waals surface area contributed by atoms with Crippen molar-refractivity contribution in [3.8, 4) is 11.8 Å². The molecule has 0 bridgehead atoms. The van der Waals surface area contributed by atoms with Crippen molar-refractivity contribution >= 4 is 15.7 Å². The van der Waals surface area contributed by atoms with Crippen molar-refractivity contribution in [3.05, 3.63) is 29.8 Å². The molecule has 5 nitrogen and oxygen atoms in total. The summed E-state index contributed by atoms with van der Waals surface area (Å²) in [7, 11) is -1.96. The van der Waals surface area contributed by atoms with E-state index in [9.17, 15) is 8.42 Å². The van der Waals surface area contributed by atoms with Gasteiger partial charge in [0.25, 0.3) is 0 Å². The first-order valence-corrected chi connectivity index (χ1v) is 7.01. The Morgan fingerprint density at radius 1 is 1.39 bits per heavy atom. The number of hydrogen-bond donors (Lipinski definition) is 2. The van der Waals surface area contributed by atoms with E-state index in [1.807, 2.05) is 0 Å². The summed E-state index contributed by atoms with van der Waals surface area (Å²) < 4.78 is 30.7. The van der Waals surface area contributed by atoms with Crippen LogP contribution in [-0.2, 0) is 14.8 Å². The second kappa shape index (κ2) is 7.01. The largest absolute Gasteiger partial charge is 0.384 e. The summed E-state index contributed by atoms with van der Waals surface area (Å²) in [5, 5.41) is 0. The average molecular weight is 268 g/mol. The molecule has 1 rings (SSSR count). The van der Waals surface area contributed by atoms with Crippen LogP contribution in [0.1, 0.15) is 5.56 Å². The van der Waals surface area contributed by atoms with Crippen molar-refractivity contribution in [1.82, 2.24) is 0 Å². The molecule has 0 radical (unpaired) electrons. The lowest BCUT2D eigenvalue weighted by Crippen LogP contribution is -2.20. The molecule has 18 heavy (non-hydrogen) atoms. The number of sulfonamides is 1. The molecule has 3 N–H and O–H groups in total. The van der Waals surface area contributed by atoms with Crippen LogP contribution in [0.2, 0.25) is 0 Å². The molecule has 0 fully saturated rings. The van der Waals surface area contributed by atoms with Gasteiger partial charge in [-0.05, 0) is 12.1 Å². The number of ether oxygens (including phenoxy) is 1. The summed E-state index contributed by atoms with van der Waals surface area (Å²) in [4.78, 5) is 0. The van der Waals surface area contributed by atoms with Crippen LogP contribution < -0.4 is 10.5 Å². The normalized spacial score (nSPS) is 10.6. The zero-order chi connectivity index (χ0) is 13.4. The van der Waals surface area contributed by atoms with Gasteiger partial charge in [0, 0.05) is 12.7 Å². The van der Waals surface area contributed by atoms with Crippen LogP contribution in [0.3, 0.4) is 0 Å². The zero-order valence-corrected chi connectivity index (χ0v) is 11.0. The second-order valence-corrected chi connectivity index (χ2v) is 5.31. The van der Waals surface area contributed by atoms with Gasteiger partial charge in [-0.15, -0.1) is 0 Å². The van der Waals surface area contributed by atoms with E-state index >= 15 is 0 Å². The summed E-state index contributed by atoms with van der Waals surface area (Å²) in [5.74, 6) is 5.42. The predicted octanol–water partition coefficient (Wildman–Crippen LogP) is 0.385. The maximum Gasteiger partial charge on any atom is 0.235 e. The minimum absolute atomic E-state index is 0.0951. The zero-order valence-electron chi connectivity index (χ0n) is 10.1. The third kappa shape index (κ3) is 4.75. The highest BCUT2D eigenvalue weighted by Gasteiger charge is 2.11. The lowest BCUT2D eigenvalue weighted by atomic mass is 10.2. The SMILES string of the molecule is COCCS(=O)(=O)Nc1ccccc1C#CCN. The second-order valence-electron chi connectivity index (χ2n) is 3.47. The highest BCUT2D eigenvalue weighted by Crippen LogP contribution is 2.15. The van der Waals surface area contributed by atoms with Crippen molar-refractivity contribution in [2.45, 2.75) is 0 Å². The van der Waals surface area contributed by atoms with Gasteiger partial charge in [0.1, 0.15) is 0 Å². The van der Waals surface area contributed by atoms with E-state index in [-0.39, 0.29) is 18.9 Å². The van der Waals surface area contributed by atoms with Crippen LogP contribution in [0.15, 0.2) is 24.3 Å². The molecule has 0 aliphatic heterocycles. The Hall–Kier alpha value is -1.55. The first kappa shape index (κ1) is 14.5. The molecule has 0 unspecified atom stereocenters. The fourth-order valence-electron chi connectivity index (χ4n) is 1.24. The first-order chi connectivity index (χ1) is 8.59. The van der Waals surface area contributed by atoms with Crippen LogP contribution in [0.5, 0.6) is 0 Å². The fraction of sp³-hybridized carbons (Fsp3) is 0.333. The lowest BCUT2D eigenvalue weighted by molar-refractivity contribution is 0.217. The molecular weight excluding hydrogens is 252 g/mol. The summed E-state index contributed by atoms with van der Waals surface area (Å²) in [6, 6.07) is 6.91. The molecule has 0 aliphatic rings. The minimum Gasteiger partial charge on any atom is -0.384 e. The molecule has 1 aromatic carbocycles. The Morgan fingerprint density at radius 2 is 2.11 bits per heavy atom. The summed E-state index contributed by atoms with van der Waals surface area (Å²) in [5.41, 5.74) is 6.34. The summed E-state index contributed by atoms with van der Waals surface area (Å²) in [6.07, 6.45) is 0. The van der Waals surface area contributed by atoms with Crippen molar-refractivity contribution in [1.29, 1.82) is 0 Å². The Balaban J connectivity index is 2.90. The molecule has 98 valence electrons. The first-order valence-electron chi connectivity index (χ1n) is 5.36. The van der Waals surface area contributed by atoms with E-state index in [0.29, 0.717) is 11.3 Å². The maximum absolute atomic E-state index is 11.7. The number of nitrogens with one attached hydrogen (secondary N) is 1. The van der Waals surface area contributed by atoms with Crippen LogP contribution >= 0.6 is 0 Å². The highest BCUT2D eigenvalue weighted by atomic mass is 32.2. The number of hydrogen-bond acceptors (Lipinski definition) is 4. The van der Waals surface area contributed by atoms with E-state index in [4.69, 9.17) is 10.5 Å². The van der Waals surface area contributed by atoms with Gasteiger partial charge >= 0.3 is 0 Å². The van der Waals surface area contributed by atoms with Crippen molar-refractivity contribution in [2.75, 3.05) is 30.7 Å². The smallest absolute Gasteiger partial charge is 0.235 e. The van der Waals surface area contributed by atoms with Gasteiger partial charge in [-0.3, -0.25) is 4.72 Å². The van der Waals surface area contributed by atoms with E-state index in [2.05, 4.69) is 16.6 Å². The van der Waals surface area contributed by atoms with Crippen LogP contribution in [0.25, 0.3) is 0 Å². The Labute approximate surface area is 107 Å². The number of rotatable bonds is 5. The molecule has 0 saturated carbocycles. The number of methoxy groups -OCH3 is 1. The van der Waals surface area contributed by atoms with Crippen molar-refractivity contribution < 1.29 is 13.2 Å². The molecule has 0 aliphatic carbocycles. The number of para-hydroxylation sites is 1. The minimum atomic E-state index is -3.42. The van der Waals surface area contributed by atoms with Crippen molar-refractivity contribution in [3.63, 3.8) is 0 Å². The number of benzene rings is 1. The highest BCUT2D eigenvalue weighted by molar-refractivity contribution is 7.92. The molecule has 0 heterocycles. The molecular formula is C12H16N2O3S. The molecule has 0 amide bonds. The summed E-state index contributed by atoms with van der Waals surface area (Å²) >= 11 is 0. The average Bonchev–Trinajstić information content (AvgIpc) is 2.35. The summed E-state index contributed by atoms with van der Waals surface area (Å²) in [6.45, 7) is 0.372. The standard InChI is InChI=1S/C12H16N2O3S/c1-17-9-10-18(15,16)14-12-7-3-2-5-11(12)6-4-8-13/h2-3,5,7,14H,8-10,13H2,1H3. The topological polar surface area (TPSA) is 81.4 Å². The molecule has 1 aromatic rings. The molecule has 6 heteroatoms. The van der Waals surface area contributed by atoms with Crippen molar-refractivity contribution in [2.24, 2.45) is 5.73 Å². The number of anilines is 1. The van der Waals surface area contributed by atoms with Gasteiger partial charge in [-0.2, -0.15) is 0 Å². The van der Waals surface area contributed by atoms with Gasteiger partial charge in [-0.25, -0.2) is 8.42 Å². The molecule has 0 saturated heterocycles. The van der Waals surface area contributed by atoms with E-state index < -0.39 is 10.0 Å². The van der Waals surface area contributed by atoms with E-state index in [1.165, 1.54) is 7.11 Å². The van der Waals surface area contributed by atoms with Crippen LogP contribution in [0, 0.1) is 11.8 Å². The van der Waals surface area contributed by atoms with E-state index in [0.717, 1.165) is 0 Å². The molecule has 0 aromatic heterocycles. The van der Waals surface area contributed by atoms with Crippen LogP contribution in [0.4, 0.5) is 5.69 Å². The van der Waals surface area contributed by atoms with E-state index in [1.54, 1.807) is 24.3 Å². The monoisotopic (exact) mass is 268 g/mol. The van der Waals surface area contributed by atoms with Gasteiger partial charge < -0.3 is 10.5 Å². The number of nitrogens with two attached hydrogens (primary N) is 1. The third-order valence-corrected chi connectivity index (χ3v) is 3.31. The van der Waals surface area contributed by atoms with Gasteiger partial charge in [0.15, 0.2) is 0 Å². The predicted molar refractivity (Wildman–Crippen MR) is 71.7 cm³/mol. The molecule has 0 atom stereocenters. The Bertz CT molecular complexity index is 544. The Morgan fingerprint density at radius 3 is 2.78 bits per heavy atom. The third-order valence-electron chi connectivity index (χ3n) is 2.07. The molecule has 0 spiro atoms. The van der Waals surface area contributed by atoms with Gasteiger partial charge in [0.05, 0.1) is 24.6 Å². The van der Waals surface area contributed by atoms with Crippen LogP contribution in [-0.4, -0.2) is 34.4 Å². The quantitative estimate of drug-likeness (QED) is 0.757. The van der Waals surface area contributed by atoms with Gasteiger partial charge in [0.2, 0.25) is 10.0 Å². The van der Waals surface area contributed by atoms with Gasteiger partial charge in [-0.1, -0.05) is 24.0 Å². The maximum atomic E-state index is 11.7. The lowest BCUT2D eigenvalue weighted by Gasteiger charge is -2.09. The fourth-order valence-corrected chi connectivity index (χ4v) is 2.24.